The van der Waals surface area contributed by atoms with E-state index >= 15 is 0 Å². The van der Waals surface area contributed by atoms with Crippen LogP contribution in [0.5, 0.6) is 0 Å². The minimum atomic E-state index is -0.352. The zero-order valence-electron chi connectivity index (χ0n) is 18.4. The number of aliphatic imine (C=N–C) groups is 1. The molecule has 2 aliphatic heterocycles. The van der Waals surface area contributed by atoms with Crippen molar-refractivity contribution in [3.63, 3.8) is 0 Å². The number of benzene rings is 1. The third-order valence-electron chi connectivity index (χ3n) is 5.27. The zero-order chi connectivity index (χ0) is 22.1. The molecule has 2 aliphatic rings. The SMILES string of the molecule is CCNC(=NCc1cccc(NC(=O)C2CCCO2)c1)N1CCN(C(=O)OCC)CC1. The molecule has 3 rings (SSSR count). The highest BCUT2D eigenvalue weighted by Gasteiger charge is 2.24. The molecule has 2 N–H and O–H groups in total. The first-order chi connectivity index (χ1) is 15.1. The van der Waals surface area contributed by atoms with Gasteiger partial charge in [-0.2, -0.15) is 0 Å². The largest absolute Gasteiger partial charge is 0.450 e. The Kier molecular flexibility index (Phi) is 8.52. The van der Waals surface area contributed by atoms with Crippen molar-refractivity contribution in [1.29, 1.82) is 0 Å². The van der Waals surface area contributed by atoms with Gasteiger partial charge in [0.15, 0.2) is 5.96 Å². The van der Waals surface area contributed by atoms with E-state index in [4.69, 9.17) is 14.5 Å². The first-order valence-electron chi connectivity index (χ1n) is 11.1. The minimum absolute atomic E-state index is 0.0917. The monoisotopic (exact) mass is 431 g/mol. The quantitative estimate of drug-likeness (QED) is 0.529. The summed E-state index contributed by atoms with van der Waals surface area (Å²) in [6.45, 7) is 8.73. The van der Waals surface area contributed by atoms with Crippen LogP contribution in [0.4, 0.5) is 10.5 Å². The van der Waals surface area contributed by atoms with E-state index in [1.807, 2.05) is 38.1 Å². The number of piperazine rings is 1. The fraction of sp³-hybridized carbons (Fsp3) is 0.591. The molecule has 31 heavy (non-hydrogen) atoms. The lowest BCUT2D eigenvalue weighted by Gasteiger charge is -2.35. The topological polar surface area (TPSA) is 95.5 Å². The van der Waals surface area contributed by atoms with Gasteiger partial charge in [0.2, 0.25) is 0 Å². The van der Waals surface area contributed by atoms with Crippen LogP contribution in [0, 0.1) is 0 Å². The Balaban J connectivity index is 1.58. The van der Waals surface area contributed by atoms with Crippen molar-refractivity contribution in [2.24, 2.45) is 4.99 Å². The van der Waals surface area contributed by atoms with Gasteiger partial charge in [0.05, 0.1) is 13.2 Å². The zero-order valence-corrected chi connectivity index (χ0v) is 18.4. The molecular weight excluding hydrogens is 398 g/mol. The lowest BCUT2D eigenvalue weighted by atomic mass is 10.2. The fourth-order valence-corrected chi connectivity index (χ4v) is 3.66. The van der Waals surface area contributed by atoms with Crippen molar-refractivity contribution >= 4 is 23.6 Å². The van der Waals surface area contributed by atoms with E-state index in [2.05, 4.69) is 15.5 Å². The molecule has 1 unspecified atom stereocenters. The summed E-state index contributed by atoms with van der Waals surface area (Å²) in [7, 11) is 0. The third-order valence-corrected chi connectivity index (χ3v) is 5.27. The Hall–Kier alpha value is -2.81. The molecule has 2 amide bonds. The highest BCUT2D eigenvalue weighted by atomic mass is 16.6. The van der Waals surface area contributed by atoms with E-state index in [1.165, 1.54) is 0 Å². The Morgan fingerprint density at radius 1 is 1.19 bits per heavy atom. The maximum atomic E-state index is 12.3. The van der Waals surface area contributed by atoms with Crippen molar-refractivity contribution in [3.05, 3.63) is 29.8 Å². The molecule has 170 valence electrons. The van der Waals surface area contributed by atoms with Crippen LogP contribution in [0.3, 0.4) is 0 Å². The predicted octanol–water partition coefficient (Wildman–Crippen LogP) is 2.04. The van der Waals surface area contributed by atoms with Gasteiger partial charge in [0.1, 0.15) is 6.10 Å². The highest BCUT2D eigenvalue weighted by molar-refractivity contribution is 5.94. The van der Waals surface area contributed by atoms with Crippen molar-refractivity contribution in [2.45, 2.75) is 39.3 Å². The number of nitrogens with one attached hydrogen (secondary N) is 2. The molecule has 2 heterocycles. The van der Waals surface area contributed by atoms with Crippen LogP contribution in [0.25, 0.3) is 0 Å². The molecule has 2 saturated heterocycles. The third kappa shape index (κ3) is 6.58. The van der Waals surface area contributed by atoms with Crippen molar-refractivity contribution in [3.8, 4) is 0 Å². The number of guanidine groups is 1. The number of ether oxygens (including phenoxy) is 2. The van der Waals surface area contributed by atoms with Crippen LogP contribution in [-0.2, 0) is 20.8 Å². The second-order valence-corrected chi connectivity index (χ2v) is 7.53. The number of nitrogens with zero attached hydrogens (tertiary/aromatic N) is 3. The van der Waals surface area contributed by atoms with E-state index in [0.717, 1.165) is 36.6 Å². The summed E-state index contributed by atoms with van der Waals surface area (Å²) in [6.07, 6.45) is 1.08. The van der Waals surface area contributed by atoms with Gasteiger partial charge >= 0.3 is 6.09 Å². The molecule has 9 nitrogen and oxygen atoms in total. The second kappa shape index (κ2) is 11.5. The van der Waals surface area contributed by atoms with Gasteiger partial charge in [-0.15, -0.1) is 0 Å². The summed E-state index contributed by atoms with van der Waals surface area (Å²) < 4.78 is 10.5. The Morgan fingerprint density at radius 3 is 2.65 bits per heavy atom. The number of anilines is 1. The molecular formula is C22H33N5O4. The summed E-state index contributed by atoms with van der Waals surface area (Å²) in [5, 5.41) is 6.27. The Bertz CT molecular complexity index is 771. The van der Waals surface area contributed by atoms with Crippen LogP contribution >= 0.6 is 0 Å². The fourth-order valence-electron chi connectivity index (χ4n) is 3.66. The lowest BCUT2D eigenvalue weighted by molar-refractivity contribution is -0.124. The molecule has 9 heteroatoms. The van der Waals surface area contributed by atoms with Gasteiger partial charge in [-0.3, -0.25) is 4.79 Å². The number of carbonyl (C=O) groups excluding carboxylic acids is 2. The number of amides is 2. The second-order valence-electron chi connectivity index (χ2n) is 7.53. The Morgan fingerprint density at radius 2 is 1.97 bits per heavy atom. The van der Waals surface area contributed by atoms with Crippen molar-refractivity contribution in [2.75, 3.05) is 51.3 Å². The molecule has 0 aliphatic carbocycles. The summed E-state index contributed by atoms with van der Waals surface area (Å²) >= 11 is 0. The average molecular weight is 432 g/mol. The molecule has 0 radical (unpaired) electrons. The van der Waals surface area contributed by atoms with Crippen molar-refractivity contribution in [1.82, 2.24) is 15.1 Å². The van der Waals surface area contributed by atoms with Gasteiger partial charge in [0, 0.05) is 45.0 Å². The maximum absolute atomic E-state index is 12.3. The van der Waals surface area contributed by atoms with Crippen LogP contribution in [0.15, 0.2) is 29.3 Å². The van der Waals surface area contributed by atoms with Gasteiger partial charge in [-0.25, -0.2) is 9.79 Å². The first kappa shape index (κ1) is 22.9. The van der Waals surface area contributed by atoms with Gasteiger partial charge in [0.25, 0.3) is 5.91 Å². The van der Waals surface area contributed by atoms with Crippen LogP contribution < -0.4 is 10.6 Å². The number of rotatable bonds is 6. The lowest BCUT2D eigenvalue weighted by Crippen LogP contribution is -2.53. The van der Waals surface area contributed by atoms with Crippen LogP contribution in [-0.4, -0.2) is 79.8 Å². The maximum Gasteiger partial charge on any atom is 0.409 e. The number of hydrogen-bond acceptors (Lipinski definition) is 5. The standard InChI is InChI=1S/C22H33N5O4/c1-3-23-21(26-10-12-27(13-11-26)22(29)30-4-2)24-16-17-7-5-8-18(15-17)25-20(28)19-9-6-14-31-19/h5,7-8,15,19H,3-4,6,9-14,16H2,1-2H3,(H,23,24)(H,25,28). The van der Waals surface area contributed by atoms with Crippen LogP contribution in [0.1, 0.15) is 32.3 Å². The molecule has 0 aromatic heterocycles. The van der Waals surface area contributed by atoms with E-state index in [0.29, 0.717) is 45.9 Å². The van der Waals surface area contributed by atoms with Gasteiger partial charge in [-0.05, 0) is 44.4 Å². The average Bonchev–Trinajstić information content (AvgIpc) is 3.32. The molecule has 0 saturated carbocycles. The van der Waals surface area contributed by atoms with E-state index in [-0.39, 0.29) is 18.1 Å². The molecule has 1 atom stereocenters. The van der Waals surface area contributed by atoms with E-state index in [1.54, 1.807) is 4.90 Å². The normalized spacial score (nSPS) is 19.3. The number of hydrogen-bond donors (Lipinski definition) is 2. The summed E-state index contributed by atoms with van der Waals surface area (Å²) in [4.78, 5) is 32.8. The molecule has 1 aromatic carbocycles. The number of carbonyl (C=O) groups is 2. The summed E-state index contributed by atoms with van der Waals surface area (Å²) in [5.74, 6) is 0.728. The summed E-state index contributed by atoms with van der Waals surface area (Å²) in [5.41, 5.74) is 1.76. The molecule has 0 bridgehead atoms. The van der Waals surface area contributed by atoms with Crippen LogP contribution in [0.2, 0.25) is 0 Å². The van der Waals surface area contributed by atoms with Gasteiger partial charge in [-0.1, -0.05) is 12.1 Å². The van der Waals surface area contributed by atoms with Gasteiger partial charge < -0.3 is 29.9 Å². The van der Waals surface area contributed by atoms with Crippen molar-refractivity contribution < 1.29 is 19.1 Å². The highest BCUT2D eigenvalue weighted by Crippen LogP contribution is 2.17. The first-order valence-corrected chi connectivity index (χ1v) is 11.1. The van der Waals surface area contributed by atoms with E-state index in [9.17, 15) is 9.59 Å². The minimum Gasteiger partial charge on any atom is -0.450 e. The molecule has 2 fully saturated rings. The molecule has 1 aromatic rings. The predicted molar refractivity (Wildman–Crippen MR) is 119 cm³/mol. The van der Waals surface area contributed by atoms with E-state index < -0.39 is 0 Å². The Labute approximate surface area is 183 Å². The smallest absolute Gasteiger partial charge is 0.409 e. The molecule has 0 spiro atoms. The summed E-state index contributed by atoms with van der Waals surface area (Å²) in [6, 6.07) is 7.73.